The number of carbonyl (C=O) groups excluding carboxylic acids is 1. The van der Waals surface area contributed by atoms with Gasteiger partial charge in [0.1, 0.15) is 0 Å². The normalized spacial score (nSPS) is 19.1. The molecule has 1 aromatic rings. The van der Waals surface area contributed by atoms with Crippen LogP contribution in [0.2, 0.25) is 0 Å². The van der Waals surface area contributed by atoms with Crippen LogP contribution in [-0.2, 0) is 4.79 Å². The molecular formula is C16H23NO2S. The number of benzene rings is 1. The van der Waals surface area contributed by atoms with Crippen molar-refractivity contribution in [3.63, 3.8) is 0 Å². The molecule has 0 aromatic heterocycles. The summed E-state index contributed by atoms with van der Waals surface area (Å²) in [5, 5.41) is 9.33. The van der Waals surface area contributed by atoms with Crippen molar-refractivity contribution < 1.29 is 9.90 Å². The molecule has 20 heavy (non-hydrogen) atoms. The van der Waals surface area contributed by atoms with E-state index in [-0.39, 0.29) is 18.6 Å². The highest BCUT2D eigenvalue weighted by Crippen LogP contribution is 2.21. The molecule has 1 aliphatic rings. The van der Waals surface area contributed by atoms with Crippen molar-refractivity contribution in [3.8, 4) is 0 Å². The number of piperidine rings is 1. The van der Waals surface area contributed by atoms with Crippen molar-refractivity contribution >= 4 is 17.7 Å². The lowest BCUT2D eigenvalue weighted by Crippen LogP contribution is -2.45. The summed E-state index contributed by atoms with van der Waals surface area (Å²) in [6.07, 6.45) is 4.63. The second-order valence-corrected chi connectivity index (χ2v) is 6.35. The lowest BCUT2D eigenvalue weighted by molar-refractivity contribution is -0.135. The van der Waals surface area contributed by atoms with Gasteiger partial charge in [0.2, 0.25) is 5.91 Å². The molecule has 4 heteroatoms. The van der Waals surface area contributed by atoms with Gasteiger partial charge in [-0.25, -0.2) is 0 Å². The van der Waals surface area contributed by atoms with E-state index < -0.39 is 0 Å². The fraction of sp³-hybridized carbons (Fsp3) is 0.562. The van der Waals surface area contributed by atoms with E-state index in [1.165, 1.54) is 4.90 Å². The van der Waals surface area contributed by atoms with Gasteiger partial charge < -0.3 is 10.0 Å². The van der Waals surface area contributed by atoms with E-state index in [0.29, 0.717) is 6.42 Å². The van der Waals surface area contributed by atoms with Gasteiger partial charge in [-0.3, -0.25) is 4.79 Å². The predicted molar refractivity (Wildman–Crippen MR) is 82.8 cm³/mol. The van der Waals surface area contributed by atoms with Gasteiger partial charge in [-0.1, -0.05) is 18.2 Å². The monoisotopic (exact) mass is 293 g/mol. The summed E-state index contributed by atoms with van der Waals surface area (Å²) in [5.41, 5.74) is 0. The van der Waals surface area contributed by atoms with E-state index in [1.54, 1.807) is 11.8 Å². The molecule has 110 valence electrons. The first-order valence-electron chi connectivity index (χ1n) is 7.39. The molecular weight excluding hydrogens is 270 g/mol. The molecule has 2 rings (SSSR count). The van der Waals surface area contributed by atoms with Gasteiger partial charge in [-0.05, 0) is 43.6 Å². The van der Waals surface area contributed by atoms with E-state index in [9.17, 15) is 9.90 Å². The molecule has 1 atom stereocenters. The minimum Gasteiger partial charge on any atom is -0.394 e. The van der Waals surface area contributed by atoms with Crippen LogP contribution in [0.15, 0.2) is 35.2 Å². The van der Waals surface area contributed by atoms with Crippen LogP contribution in [0.25, 0.3) is 0 Å². The van der Waals surface area contributed by atoms with Crippen molar-refractivity contribution in [2.45, 2.75) is 43.0 Å². The molecule has 1 heterocycles. The number of nitrogens with zero attached hydrogens (tertiary/aromatic N) is 1. The lowest BCUT2D eigenvalue weighted by Gasteiger charge is -2.34. The van der Waals surface area contributed by atoms with Gasteiger partial charge >= 0.3 is 0 Å². The second kappa shape index (κ2) is 8.32. The molecule has 1 saturated heterocycles. The number of amides is 1. The highest BCUT2D eigenvalue weighted by atomic mass is 32.2. The topological polar surface area (TPSA) is 40.5 Å². The predicted octanol–water partition coefficient (Wildman–Crippen LogP) is 2.93. The third-order valence-electron chi connectivity index (χ3n) is 3.71. The van der Waals surface area contributed by atoms with Crippen LogP contribution in [0.1, 0.15) is 32.1 Å². The van der Waals surface area contributed by atoms with Crippen molar-refractivity contribution in [2.24, 2.45) is 0 Å². The molecule has 1 N–H and O–H groups in total. The minimum absolute atomic E-state index is 0.0537. The van der Waals surface area contributed by atoms with E-state index in [2.05, 4.69) is 12.1 Å². The third-order valence-corrected chi connectivity index (χ3v) is 4.80. The summed E-state index contributed by atoms with van der Waals surface area (Å²) in [6, 6.07) is 10.3. The lowest BCUT2D eigenvalue weighted by atomic mass is 10.0. The van der Waals surface area contributed by atoms with Crippen molar-refractivity contribution in [3.05, 3.63) is 30.3 Å². The zero-order valence-electron chi connectivity index (χ0n) is 11.8. The Morgan fingerprint density at radius 2 is 2.10 bits per heavy atom. The Bertz CT molecular complexity index is 410. The standard InChI is InChI=1S/C16H23NO2S/c18-13-14-7-4-5-11-17(14)16(19)10-6-12-20-15-8-2-1-3-9-15/h1-3,8-9,14,18H,4-7,10-13H2. The molecule has 3 nitrogen and oxygen atoms in total. The molecule has 0 radical (unpaired) electrons. The average Bonchev–Trinajstić information content (AvgIpc) is 2.52. The quantitative estimate of drug-likeness (QED) is 0.647. The van der Waals surface area contributed by atoms with Crippen molar-refractivity contribution in [1.82, 2.24) is 4.90 Å². The molecule has 0 bridgehead atoms. The SMILES string of the molecule is O=C(CCCSc1ccccc1)N1CCCCC1CO. The Hall–Kier alpha value is -1.00. The molecule has 1 aliphatic heterocycles. The number of carbonyl (C=O) groups is 1. The summed E-state index contributed by atoms with van der Waals surface area (Å²) >= 11 is 1.80. The molecule has 1 fully saturated rings. The second-order valence-electron chi connectivity index (χ2n) is 5.18. The molecule has 0 aliphatic carbocycles. The summed E-state index contributed by atoms with van der Waals surface area (Å²) < 4.78 is 0. The minimum atomic E-state index is 0.0537. The highest BCUT2D eigenvalue weighted by molar-refractivity contribution is 7.99. The number of aliphatic hydroxyl groups excluding tert-OH is 1. The van der Waals surface area contributed by atoms with Gasteiger partial charge in [0.25, 0.3) is 0 Å². The number of likely N-dealkylation sites (tertiary alicyclic amines) is 1. The Labute approximate surface area is 125 Å². The van der Waals surface area contributed by atoms with Crippen molar-refractivity contribution in [2.75, 3.05) is 18.9 Å². The fourth-order valence-corrected chi connectivity index (χ4v) is 3.47. The summed E-state index contributed by atoms with van der Waals surface area (Å²) in [4.78, 5) is 15.3. The zero-order valence-corrected chi connectivity index (χ0v) is 12.6. The Morgan fingerprint density at radius 1 is 1.30 bits per heavy atom. The summed E-state index contributed by atoms with van der Waals surface area (Å²) in [6.45, 7) is 0.917. The first-order chi connectivity index (χ1) is 9.81. The van der Waals surface area contributed by atoms with E-state index >= 15 is 0 Å². The smallest absolute Gasteiger partial charge is 0.222 e. The largest absolute Gasteiger partial charge is 0.394 e. The van der Waals surface area contributed by atoms with E-state index in [1.807, 2.05) is 23.1 Å². The van der Waals surface area contributed by atoms with Crippen molar-refractivity contribution in [1.29, 1.82) is 0 Å². The number of hydrogen-bond acceptors (Lipinski definition) is 3. The number of aliphatic hydroxyl groups is 1. The maximum absolute atomic E-state index is 12.2. The Balaban J connectivity index is 1.69. The van der Waals surface area contributed by atoms with Gasteiger partial charge in [-0.15, -0.1) is 11.8 Å². The van der Waals surface area contributed by atoms with Crippen LogP contribution >= 0.6 is 11.8 Å². The van der Waals surface area contributed by atoms with Gasteiger partial charge in [0, 0.05) is 17.9 Å². The van der Waals surface area contributed by atoms with Crippen LogP contribution in [0.5, 0.6) is 0 Å². The van der Waals surface area contributed by atoms with Crippen LogP contribution in [-0.4, -0.2) is 40.9 Å². The third kappa shape index (κ3) is 4.53. The van der Waals surface area contributed by atoms with E-state index in [0.717, 1.165) is 38.0 Å². The van der Waals surface area contributed by atoms with Crippen LogP contribution in [0.3, 0.4) is 0 Å². The van der Waals surface area contributed by atoms with Crippen LogP contribution < -0.4 is 0 Å². The first-order valence-corrected chi connectivity index (χ1v) is 8.38. The molecule has 0 spiro atoms. The summed E-state index contributed by atoms with van der Waals surface area (Å²) in [5.74, 6) is 1.17. The highest BCUT2D eigenvalue weighted by Gasteiger charge is 2.25. The van der Waals surface area contributed by atoms with Gasteiger partial charge in [0.15, 0.2) is 0 Å². The maximum Gasteiger partial charge on any atom is 0.222 e. The first kappa shape index (κ1) is 15.4. The Kier molecular flexibility index (Phi) is 6.40. The van der Waals surface area contributed by atoms with Gasteiger partial charge in [-0.2, -0.15) is 0 Å². The number of thioether (sulfide) groups is 1. The molecule has 1 amide bonds. The molecule has 1 aromatic carbocycles. The maximum atomic E-state index is 12.2. The Morgan fingerprint density at radius 3 is 2.85 bits per heavy atom. The number of rotatable bonds is 6. The van der Waals surface area contributed by atoms with Crippen LogP contribution in [0.4, 0.5) is 0 Å². The van der Waals surface area contributed by atoms with E-state index in [4.69, 9.17) is 0 Å². The zero-order chi connectivity index (χ0) is 14.2. The van der Waals surface area contributed by atoms with Gasteiger partial charge in [0.05, 0.1) is 12.6 Å². The fourth-order valence-electron chi connectivity index (χ4n) is 2.59. The molecule has 0 saturated carbocycles. The molecule has 1 unspecified atom stereocenters. The number of hydrogen-bond donors (Lipinski definition) is 1. The summed E-state index contributed by atoms with van der Waals surface area (Å²) in [7, 11) is 0. The van der Waals surface area contributed by atoms with Crippen LogP contribution in [0, 0.1) is 0 Å². The average molecular weight is 293 g/mol.